The molecule has 2 aliphatic rings. The van der Waals surface area contributed by atoms with Crippen molar-refractivity contribution >= 4 is 17.5 Å². The summed E-state index contributed by atoms with van der Waals surface area (Å²) in [6.07, 6.45) is 0.517. The second-order valence-electron chi connectivity index (χ2n) is 4.23. The number of nitrogens with zero attached hydrogens (tertiary/aromatic N) is 2. The van der Waals surface area contributed by atoms with E-state index in [2.05, 4.69) is 10.2 Å². The molecule has 5 heteroatoms. The second-order valence-corrected chi connectivity index (χ2v) is 4.85. The number of carbonyl (C=O) groups is 1. The van der Waals surface area contributed by atoms with Crippen LogP contribution >= 0.6 is 11.6 Å². The topological polar surface area (TPSA) is 35.6 Å². The fourth-order valence-electron chi connectivity index (χ4n) is 2.14. The Morgan fingerprint density at radius 1 is 1.33 bits per heavy atom. The number of rotatable bonds is 3. The van der Waals surface area contributed by atoms with Gasteiger partial charge in [0.15, 0.2) is 0 Å². The van der Waals surface area contributed by atoms with Crippen molar-refractivity contribution in [3.8, 4) is 0 Å². The van der Waals surface area contributed by atoms with Gasteiger partial charge in [-0.1, -0.05) is 0 Å². The highest BCUT2D eigenvalue weighted by molar-refractivity contribution is 6.22. The summed E-state index contributed by atoms with van der Waals surface area (Å²) < 4.78 is 0. The molecule has 15 heavy (non-hydrogen) atoms. The van der Waals surface area contributed by atoms with E-state index < -0.39 is 0 Å². The van der Waals surface area contributed by atoms with E-state index in [-0.39, 0.29) is 11.3 Å². The Kier molecular flexibility index (Phi) is 3.83. The summed E-state index contributed by atoms with van der Waals surface area (Å²) in [4.78, 5) is 15.8. The van der Waals surface area contributed by atoms with Gasteiger partial charge in [-0.2, -0.15) is 0 Å². The van der Waals surface area contributed by atoms with Crippen LogP contribution in [0.2, 0.25) is 0 Å². The normalized spacial score (nSPS) is 28.7. The molecule has 0 spiro atoms. The molecule has 2 aliphatic heterocycles. The first-order valence-corrected chi connectivity index (χ1v) is 6.04. The number of halogens is 1. The molecule has 0 aromatic heterocycles. The summed E-state index contributed by atoms with van der Waals surface area (Å²) in [5, 5.41) is 3.34. The van der Waals surface area contributed by atoms with Crippen molar-refractivity contribution in [2.45, 2.75) is 11.8 Å². The van der Waals surface area contributed by atoms with Crippen LogP contribution in [0, 0.1) is 0 Å². The summed E-state index contributed by atoms with van der Waals surface area (Å²) >= 11 is 5.94. The molecule has 0 bridgehead atoms. The molecule has 2 rings (SSSR count). The molecule has 0 aliphatic carbocycles. The van der Waals surface area contributed by atoms with E-state index in [1.54, 1.807) is 0 Å². The van der Waals surface area contributed by atoms with Gasteiger partial charge in [0.05, 0.1) is 5.38 Å². The van der Waals surface area contributed by atoms with E-state index >= 15 is 0 Å². The van der Waals surface area contributed by atoms with E-state index in [0.29, 0.717) is 6.42 Å². The van der Waals surface area contributed by atoms with Gasteiger partial charge < -0.3 is 10.2 Å². The molecule has 1 N–H and O–H groups in total. The average molecular weight is 232 g/mol. The first-order chi connectivity index (χ1) is 7.25. The Labute approximate surface area is 95.5 Å². The van der Waals surface area contributed by atoms with Gasteiger partial charge >= 0.3 is 0 Å². The number of carbonyl (C=O) groups excluding carboxylic acids is 1. The van der Waals surface area contributed by atoms with Crippen LogP contribution in [-0.2, 0) is 4.79 Å². The van der Waals surface area contributed by atoms with Crippen molar-refractivity contribution in [2.75, 3.05) is 45.8 Å². The maximum atomic E-state index is 11.5. The Hall–Kier alpha value is -0.320. The Bertz CT molecular complexity index is 231. The van der Waals surface area contributed by atoms with Crippen molar-refractivity contribution < 1.29 is 4.79 Å². The van der Waals surface area contributed by atoms with Gasteiger partial charge in [-0.05, 0) is 0 Å². The molecule has 0 saturated carbocycles. The van der Waals surface area contributed by atoms with Gasteiger partial charge in [0.1, 0.15) is 0 Å². The minimum Gasteiger partial charge on any atom is -0.340 e. The van der Waals surface area contributed by atoms with Gasteiger partial charge in [-0.15, -0.1) is 11.6 Å². The van der Waals surface area contributed by atoms with Gasteiger partial charge in [0.2, 0.25) is 5.91 Å². The number of alkyl halides is 1. The lowest BCUT2D eigenvalue weighted by molar-refractivity contribution is -0.127. The highest BCUT2D eigenvalue weighted by Crippen LogP contribution is 2.15. The summed E-state index contributed by atoms with van der Waals surface area (Å²) in [7, 11) is 0. The lowest BCUT2D eigenvalue weighted by atomic mass is 10.3. The molecular formula is C10H18ClN3O. The highest BCUT2D eigenvalue weighted by atomic mass is 35.5. The van der Waals surface area contributed by atoms with Crippen LogP contribution < -0.4 is 5.32 Å². The van der Waals surface area contributed by atoms with Crippen molar-refractivity contribution in [3.05, 3.63) is 0 Å². The minimum atomic E-state index is 0.0283. The molecular weight excluding hydrogens is 214 g/mol. The van der Waals surface area contributed by atoms with Crippen LogP contribution in [0.4, 0.5) is 0 Å². The molecule has 0 aromatic carbocycles. The van der Waals surface area contributed by atoms with Crippen molar-refractivity contribution in [1.82, 2.24) is 15.1 Å². The average Bonchev–Trinajstić information content (AvgIpc) is 2.56. The first-order valence-electron chi connectivity index (χ1n) is 5.60. The van der Waals surface area contributed by atoms with Crippen LogP contribution in [0.15, 0.2) is 0 Å². The molecule has 1 unspecified atom stereocenters. The van der Waals surface area contributed by atoms with Gasteiger partial charge in [-0.25, -0.2) is 0 Å². The van der Waals surface area contributed by atoms with E-state index in [1.165, 1.54) is 0 Å². The summed E-state index contributed by atoms with van der Waals surface area (Å²) in [6, 6.07) is 0. The van der Waals surface area contributed by atoms with Crippen LogP contribution in [0.5, 0.6) is 0 Å². The SMILES string of the molecule is O=C1CC(Cl)CN1CCN1CCNCC1. The van der Waals surface area contributed by atoms with E-state index in [9.17, 15) is 4.79 Å². The summed E-state index contributed by atoms with van der Waals surface area (Å²) in [5.41, 5.74) is 0. The quantitative estimate of drug-likeness (QED) is 0.680. The van der Waals surface area contributed by atoms with Gasteiger partial charge in [0.25, 0.3) is 0 Å². The molecule has 2 heterocycles. The van der Waals surface area contributed by atoms with E-state index in [0.717, 1.165) is 45.8 Å². The molecule has 1 atom stereocenters. The fraction of sp³-hybridized carbons (Fsp3) is 0.900. The highest BCUT2D eigenvalue weighted by Gasteiger charge is 2.27. The molecule has 2 fully saturated rings. The number of amides is 1. The lowest BCUT2D eigenvalue weighted by Gasteiger charge is -2.29. The zero-order valence-electron chi connectivity index (χ0n) is 8.91. The van der Waals surface area contributed by atoms with Crippen molar-refractivity contribution in [2.24, 2.45) is 0 Å². The Morgan fingerprint density at radius 2 is 2.07 bits per heavy atom. The lowest BCUT2D eigenvalue weighted by Crippen LogP contribution is -2.46. The van der Waals surface area contributed by atoms with Crippen molar-refractivity contribution in [3.63, 3.8) is 0 Å². The zero-order valence-corrected chi connectivity index (χ0v) is 9.67. The predicted octanol–water partition coefficient (Wildman–Crippen LogP) is -0.269. The fourth-order valence-corrected chi connectivity index (χ4v) is 2.44. The molecule has 4 nitrogen and oxygen atoms in total. The van der Waals surface area contributed by atoms with E-state index in [1.807, 2.05) is 4.90 Å². The monoisotopic (exact) mass is 231 g/mol. The Balaban J connectivity index is 1.70. The third-order valence-electron chi connectivity index (χ3n) is 3.06. The maximum Gasteiger partial charge on any atom is 0.224 e. The number of likely N-dealkylation sites (tertiary alicyclic amines) is 1. The summed E-state index contributed by atoms with van der Waals surface area (Å²) in [5.74, 6) is 0.213. The first kappa shape index (κ1) is 11.2. The third kappa shape index (κ3) is 3.06. The molecule has 0 radical (unpaired) electrons. The second kappa shape index (κ2) is 5.14. The van der Waals surface area contributed by atoms with Crippen LogP contribution in [0.3, 0.4) is 0 Å². The van der Waals surface area contributed by atoms with Crippen LogP contribution in [-0.4, -0.2) is 66.9 Å². The molecule has 86 valence electrons. The molecule has 2 saturated heterocycles. The number of hydrogen-bond donors (Lipinski definition) is 1. The van der Waals surface area contributed by atoms with Crippen LogP contribution in [0.1, 0.15) is 6.42 Å². The van der Waals surface area contributed by atoms with Gasteiger partial charge in [-0.3, -0.25) is 9.69 Å². The van der Waals surface area contributed by atoms with Gasteiger partial charge in [0, 0.05) is 52.2 Å². The summed E-state index contributed by atoms with van der Waals surface area (Å²) in [6.45, 7) is 6.85. The standard InChI is InChI=1S/C10H18ClN3O/c11-9-7-10(15)14(8-9)6-5-13-3-1-12-2-4-13/h9,12H,1-8H2. The Morgan fingerprint density at radius 3 is 2.67 bits per heavy atom. The van der Waals surface area contributed by atoms with E-state index in [4.69, 9.17) is 11.6 Å². The number of piperazine rings is 1. The maximum absolute atomic E-state index is 11.5. The molecule has 0 aromatic rings. The van der Waals surface area contributed by atoms with Crippen LogP contribution in [0.25, 0.3) is 0 Å². The third-order valence-corrected chi connectivity index (χ3v) is 3.36. The minimum absolute atomic E-state index is 0.0283. The number of hydrogen-bond acceptors (Lipinski definition) is 3. The smallest absolute Gasteiger partial charge is 0.224 e. The van der Waals surface area contributed by atoms with Crippen molar-refractivity contribution in [1.29, 1.82) is 0 Å². The zero-order chi connectivity index (χ0) is 10.7. The predicted molar refractivity (Wildman–Crippen MR) is 60.1 cm³/mol. The molecule has 1 amide bonds. The number of nitrogens with one attached hydrogen (secondary N) is 1. The largest absolute Gasteiger partial charge is 0.340 e.